The Kier molecular flexibility index (Phi) is 13.3. The van der Waals surface area contributed by atoms with Gasteiger partial charge in [0.05, 0.1) is 0 Å². The molecule has 0 saturated carbocycles. The zero-order valence-corrected chi connectivity index (χ0v) is 20.6. The number of carbonyl (C=O) groups excluding carboxylic acids is 1. The molecule has 2 unspecified atom stereocenters. The summed E-state index contributed by atoms with van der Waals surface area (Å²) in [5, 5.41) is 9.47. The minimum Gasteiger partial charge on any atom is -0.357 e. The number of carbonyl (C=O) groups is 1. The predicted octanol–water partition coefficient (Wildman–Crippen LogP) is 2.83. The van der Waals surface area contributed by atoms with Gasteiger partial charge in [-0.3, -0.25) is 4.79 Å². The Bertz CT molecular complexity index is 440. The maximum atomic E-state index is 11.9. The van der Waals surface area contributed by atoms with Crippen molar-refractivity contribution in [3.63, 3.8) is 0 Å². The lowest BCUT2D eigenvalue weighted by Gasteiger charge is -2.34. The number of amides is 1. The van der Waals surface area contributed by atoms with E-state index in [4.69, 9.17) is 0 Å². The molecule has 0 aromatic rings. The van der Waals surface area contributed by atoms with Gasteiger partial charge in [0, 0.05) is 31.7 Å². The molecule has 1 amide bonds. The quantitative estimate of drug-likeness (QED) is 0.210. The fourth-order valence-electron chi connectivity index (χ4n) is 3.59. The highest BCUT2D eigenvalue weighted by atomic mass is 127. The Morgan fingerprint density at radius 1 is 1.11 bits per heavy atom. The number of rotatable bonds is 8. The van der Waals surface area contributed by atoms with Crippen molar-refractivity contribution < 1.29 is 4.79 Å². The number of nitrogens with zero attached hydrogens (tertiary/aromatic N) is 2. The number of unbranched alkanes of at least 4 members (excludes halogenated alkanes) is 1. The first-order valence-corrected chi connectivity index (χ1v) is 10.2. The van der Waals surface area contributed by atoms with E-state index in [0.29, 0.717) is 0 Å². The molecule has 0 bridgehead atoms. The Morgan fingerprint density at radius 2 is 1.74 bits per heavy atom. The number of likely N-dealkylation sites (tertiary alicyclic amines) is 1. The minimum atomic E-state index is -0.220. The largest absolute Gasteiger partial charge is 0.357 e. The van der Waals surface area contributed by atoms with Gasteiger partial charge in [0.25, 0.3) is 0 Å². The van der Waals surface area contributed by atoms with Gasteiger partial charge in [-0.25, -0.2) is 4.99 Å². The van der Waals surface area contributed by atoms with Crippen LogP contribution in [0.4, 0.5) is 0 Å². The summed E-state index contributed by atoms with van der Waals surface area (Å²) in [6, 6.07) is 0. The Hall–Kier alpha value is -0.570. The Morgan fingerprint density at radius 3 is 2.30 bits per heavy atom. The first-order valence-electron chi connectivity index (χ1n) is 10.2. The van der Waals surface area contributed by atoms with Crippen molar-refractivity contribution >= 4 is 35.8 Å². The molecule has 0 aromatic carbocycles. The molecule has 1 heterocycles. The van der Waals surface area contributed by atoms with Crippen LogP contribution in [0.2, 0.25) is 0 Å². The van der Waals surface area contributed by atoms with Crippen molar-refractivity contribution in [2.24, 2.45) is 16.8 Å². The van der Waals surface area contributed by atoms with Crippen LogP contribution >= 0.6 is 24.0 Å². The van der Waals surface area contributed by atoms with Crippen LogP contribution in [0.15, 0.2) is 4.99 Å². The molecule has 160 valence electrons. The minimum absolute atomic E-state index is 0. The summed E-state index contributed by atoms with van der Waals surface area (Å²) in [6.07, 6.45) is 3.66. The molecule has 2 atom stereocenters. The molecular weight excluding hydrogens is 453 g/mol. The molecule has 1 aliphatic rings. The highest BCUT2D eigenvalue weighted by molar-refractivity contribution is 14.0. The lowest BCUT2D eigenvalue weighted by Crippen LogP contribution is -2.43. The SMILES string of the molecule is CCNC(=NCC(=O)NC(C)(C)C)NCCCCN1CC(C)CC(C)C1.I. The Balaban J connectivity index is 0.00000676. The highest BCUT2D eigenvalue weighted by Crippen LogP contribution is 2.20. The zero-order chi connectivity index (χ0) is 19.6. The van der Waals surface area contributed by atoms with E-state index >= 15 is 0 Å². The number of guanidine groups is 1. The van der Waals surface area contributed by atoms with Crippen LogP contribution in [-0.2, 0) is 4.79 Å². The van der Waals surface area contributed by atoms with Gasteiger partial charge in [0.15, 0.2) is 5.96 Å². The molecule has 1 fully saturated rings. The van der Waals surface area contributed by atoms with Crippen LogP contribution in [0.3, 0.4) is 0 Å². The van der Waals surface area contributed by atoms with Crippen molar-refractivity contribution in [1.29, 1.82) is 0 Å². The van der Waals surface area contributed by atoms with Gasteiger partial charge in [-0.15, -0.1) is 24.0 Å². The van der Waals surface area contributed by atoms with Crippen LogP contribution in [0.1, 0.15) is 60.8 Å². The first kappa shape index (κ1) is 26.4. The lowest BCUT2D eigenvalue weighted by atomic mass is 9.92. The molecule has 0 radical (unpaired) electrons. The fourth-order valence-corrected chi connectivity index (χ4v) is 3.59. The van der Waals surface area contributed by atoms with E-state index in [9.17, 15) is 4.79 Å². The van der Waals surface area contributed by atoms with Crippen molar-refractivity contribution in [2.75, 3.05) is 39.3 Å². The van der Waals surface area contributed by atoms with Gasteiger partial charge in [-0.05, 0) is 65.3 Å². The maximum absolute atomic E-state index is 11.9. The van der Waals surface area contributed by atoms with Gasteiger partial charge in [0.1, 0.15) is 6.54 Å². The highest BCUT2D eigenvalue weighted by Gasteiger charge is 2.20. The summed E-state index contributed by atoms with van der Waals surface area (Å²) in [6.45, 7) is 18.2. The third-order valence-corrected chi connectivity index (χ3v) is 4.38. The predicted molar refractivity (Wildman–Crippen MR) is 126 cm³/mol. The molecule has 7 heteroatoms. The van der Waals surface area contributed by atoms with Gasteiger partial charge in [0.2, 0.25) is 5.91 Å². The number of hydrogen-bond donors (Lipinski definition) is 3. The third-order valence-electron chi connectivity index (χ3n) is 4.38. The van der Waals surface area contributed by atoms with Gasteiger partial charge < -0.3 is 20.9 Å². The normalized spacial score (nSPS) is 21.3. The molecular formula is C20H42IN5O. The number of nitrogens with one attached hydrogen (secondary N) is 3. The molecule has 1 rings (SSSR count). The standard InChI is InChI=1S/C20H41N5O.HI/c1-7-21-19(23-13-18(26)24-20(4,5)6)22-10-8-9-11-25-14-16(2)12-17(3)15-25;/h16-17H,7-15H2,1-6H3,(H,24,26)(H2,21,22,23);1H. The third kappa shape index (κ3) is 13.3. The number of aliphatic imine (C=N–C) groups is 1. The molecule has 0 aromatic heterocycles. The number of piperidine rings is 1. The molecule has 6 nitrogen and oxygen atoms in total. The topological polar surface area (TPSA) is 68.8 Å². The molecule has 3 N–H and O–H groups in total. The van der Waals surface area contributed by atoms with Crippen molar-refractivity contribution in [1.82, 2.24) is 20.9 Å². The second-order valence-electron chi connectivity index (χ2n) is 8.83. The number of hydrogen-bond acceptors (Lipinski definition) is 3. The van der Waals surface area contributed by atoms with Crippen LogP contribution < -0.4 is 16.0 Å². The van der Waals surface area contributed by atoms with Crippen LogP contribution in [0.25, 0.3) is 0 Å². The van der Waals surface area contributed by atoms with Gasteiger partial charge >= 0.3 is 0 Å². The first-order chi connectivity index (χ1) is 12.2. The van der Waals surface area contributed by atoms with E-state index in [2.05, 4.69) is 39.7 Å². The van der Waals surface area contributed by atoms with Crippen LogP contribution in [-0.4, -0.2) is 61.6 Å². The number of halogens is 1. The second kappa shape index (κ2) is 13.6. The summed E-state index contributed by atoms with van der Waals surface area (Å²) >= 11 is 0. The average Bonchev–Trinajstić information content (AvgIpc) is 2.49. The molecule has 1 saturated heterocycles. The van der Waals surface area contributed by atoms with Crippen molar-refractivity contribution in [3.8, 4) is 0 Å². The van der Waals surface area contributed by atoms with Gasteiger partial charge in [-0.1, -0.05) is 13.8 Å². The summed E-state index contributed by atoms with van der Waals surface area (Å²) in [5.74, 6) is 2.31. The van der Waals surface area contributed by atoms with Crippen molar-refractivity contribution in [3.05, 3.63) is 0 Å². The van der Waals surface area contributed by atoms with Crippen LogP contribution in [0, 0.1) is 11.8 Å². The van der Waals surface area contributed by atoms with E-state index < -0.39 is 0 Å². The zero-order valence-electron chi connectivity index (χ0n) is 18.2. The van der Waals surface area contributed by atoms with E-state index in [1.165, 1.54) is 32.5 Å². The van der Waals surface area contributed by atoms with Gasteiger partial charge in [-0.2, -0.15) is 0 Å². The summed E-state index contributed by atoms with van der Waals surface area (Å²) in [4.78, 5) is 18.9. The van der Waals surface area contributed by atoms with E-state index in [1.807, 2.05) is 27.7 Å². The molecule has 0 spiro atoms. The van der Waals surface area contributed by atoms with E-state index in [1.54, 1.807) is 0 Å². The molecule has 0 aliphatic carbocycles. The van der Waals surface area contributed by atoms with Crippen molar-refractivity contribution in [2.45, 2.75) is 66.3 Å². The Labute approximate surface area is 183 Å². The smallest absolute Gasteiger partial charge is 0.242 e. The summed E-state index contributed by atoms with van der Waals surface area (Å²) in [7, 11) is 0. The molecule has 1 aliphatic heterocycles. The van der Waals surface area contributed by atoms with Crippen LogP contribution in [0.5, 0.6) is 0 Å². The lowest BCUT2D eigenvalue weighted by molar-refractivity contribution is -0.121. The second-order valence-corrected chi connectivity index (χ2v) is 8.83. The van der Waals surface area contributed by atoms with E-state index in [-0.39, 0.29) is 42.0 Å². The maximum Gasteiger partial charge on any atom is 0.242 e. The average molecular weight is 495 g/mol. The summed E-state index contributed by atoms with van der Waals surface area (Å²) < 4.78 is 0. The summed E-state index contributed by atoms with van der Waals surface area (Å²) in [5.41, 5.74) is -0.220. The van der Waals surface area contributed by atoms with E-state index in [0.717, 1.165) is 37.3 Å². The monoisotopic (exact) mass is 495 g/mol. The fraction of sp³-hybridized carbons (Fsp3) is 0.900. The molecule has 27 heavy (non-hydrogen) atoms.